The fourth-order valence-electron chi connectivity index (χ4n) is 2.69. The third kappa shape index (κ3) is 4.20. The molecule has 0 saturated carbocycles. The maximum Gasteiger partial charge on any atom is 0.258 e. The van der Waals surface area contributed by atoms with Gasteiger partial charge in [-0.3, -0.25) is 4.79 Å². The van der Waals surface area contributed by atoms with Crippen LogP contribution in [0.5, 0.6) is 5.75 Å². The zero-order chi connectivity index (χ0) is 17.8. The molecule has 3 nitrogen and oxygen atoms in total. The van der Waals surface area contributed by atoms with Crippen LogP contribution in [0.25, 0.3) is 10.8 Å². The van der Waals surface area contributed by atoms with Gasteiger partial charge in [0.1, 0.15) is 5.75 Å². The van der Waals surface area contributed by atoms with Gasteiger partial charge in [-0.25, -0.2) is 0 Å². The van der Waals surface area contributed by atoms with Crippen molar-refractivity contribution >= 4 is 32.6 Å². The van der Waals surface area contributed by atoms with Crippen LogP contribution in [-0.4, -0.2) is 12.5 Å². The zero-order valence-electron chi connectivity index (χ0n) is 14.3. The largest absolute Gasteiger partial charge is 0.483 e. The van der Waals surface area contributed by atoms with Gasteiger partial charge in [0.2, 0.25) is 0 Å². The molecule has 3 rings (SSSR count). The Bertz CT molecular complexity index is 890. The summed E-state index contributed by atoms with van der Waals surface area (Å²) in [6.45, 7) is 3.99. The van der Waals surface area contributed by atoms with E-state index in [0.29, 0.717) is 5.75 Å². The smallest absolute Gasteiger partial charge is 0.258 e. The molecule has 0 aromatic heterocycles. The quantitative estimate of drug-likeness (QED) is 0.644. The molecule has 3 aromatic carbocycles. The molecule has 0 saturated heterocycles. The molecule has 0 aliphatic carbocycles. The zero-order valence-corrected chi connectivity index (χ0v) is 15.8. The van der Waals surface area contributed by atoms with E-state index in [2.05, 4.69) is 21.2 Å². The van der Waals surface area contributed by atoms with Gasteiger partial charge in [0, 0.05) is 0 Å². The van der Waals surface area contributed by atoms with Crippen molar-refractivity contribution < 1.29 is 9.53 Å². The summed E-state index contributed by atoms with van der Waals surface area (Å²) in [5.41, 5.74) is 2.28. The van der Waals surface area contributed by atoms with Crippen LogP contribution in [0, 0.1) is 6.92 Å². The molecule has 0 unspecified atom stereocenters. The molecule has 0 bridgehead atoms. The Labute approximate surface area is 156 Å². The highest BCUT2D eigenvalue weighted by atomic mass is 79.9. The number of rotatable bonds is 5. The van der Waals surface area contributed by atoms with Crippen molar-refractivity contribution in [1.82, 2.24) is 5.32 Å². The van der Waals surface area contributed by atoms with Crippen molar-refractivity contribution in [3.05, 3.63) is 76.3 Å². The number of fused-ring (bicyclic) bond motifs is 1. The minimum absolute atomic E-state index is 0.0207. The molecule has 0 heterocycles. The lowest BCUT2D eigenvalue weighted by Gasteiger charge is -2.15. The molecular weight excluding hydrogens is 378 g/mol. The van der Waals surface area contributed by atoms with Crippen molar-refractivity contribution in [3.8, 4) is 5.75 Å². The Hall–Kier alpha value is -2.33. The molecule has 25 heavy (non-hydrogen) atoms. The van der Waals surface area contributed by atoms with Crippen LogP contribution in [0.4, 0.5) is 0 Å². The summed E-state index contributed by atoms with van der Waals surface area (Å²) >= 11 is 3.57. The second-order valence-electron chi connectivity index (χ2n) is 6.09. The molecule has 0 fully saturated rings. The monoisotopic (exact) mass is 397 g/mol. The second-order valence-corrected chi connectivity index (χ2v) is 6.88. The maximum atomic E-state index is 12.2. The summed E-state index contributed by atoms with van der Waals surface area (Å²) < 4.78 is 6.57. The number of carbonyl (C=O) groups is 1. The van der Waals surface area contributed by atoms with Crippen molar-refractivity contribution in [3.63, 3.8) is 0 Å². The predicted octanol–water partition coefficient (Wildman–Crippen LogP) is 5.17. The highest BCUT2D eigenvalue weighted by Gasteiger charge is 2.12. The van der Waals surface area contributed by atoms with Crippen LogP contribution in [0.2, 0.25) is 0 Å². The van der Waals surface area contributed by atoms with Gasteiger partial charge in [0.05, 0.1) is 10.5 Å². The summed E-state index contributed by atoms with van der Waals surface area (Å²) in [5, 5.41) is 5.15. The van der Waals surface area contributed by atoms with E-state index in [4.69, 9.17) is 4.74 Å². The Morgan fingerprint density at radius 1 is 1.08 bits per heavy atom. The van der Waals surface area contributed by atoms with Crippen molar-refractivity contribution in [2.75, 3.05) is 6.61 Å². The lowest BCUT2D eigenvalue weighted by atomic mass is 10.1. The molecule has 0 radical (unpaired) electrons. The molecule has 0 aliphatic rings. The van der Waals surface area contributed by atoms with Crippen molar-refractivity contribution in [2.24, 2.45) is 0 Å². The van der Waals surface area contributed by atoms with Gasteiger partial charge in [0.15, 0.2) is 6.61 Å². The van der Waals surface area contributed by atoms with Crippen molar-refractivity contribution in [2.45, 2.75) is 19.9 Å². The standard InChI is InChI=1S/C21H20BrNO2/c1-14-7-9-16(10-8-14)15(2)23-20(24)13-25-19-12-11-17-5-3-4-6-18(17)21(19)22/h3-12,15H,13H2,1-2H3,(H,23,24)/t15-/m1/s1. The summed E-state index contributed by atoms with van der Waals surface area (Å²) in [6, 6.07) is 20.0. The maximum absolute atomic E-state index is 12.2. The number of hydrogen-bond donors (Lipinski definition) is 1. The number of amides is 1. The van der Waals surface area contributed by atoms with Crippen LogP contribution < -0.4 is 10.1 Å². The lowest BCUT2D eigenvalue weighted by Crippen LogP contribution is -2.31. The first-order valence-electron chi connectivity index (χ1n) is 8.20. The third-order valence-corrected chi connectivity index (χ3v) is 4.96. The first-order valence-corrected chi connectivity index (χ1v) is 9.00. The number of hydrogen-bond acceptors (Lipinski definition) is 2. The fourth-order valence-corrected chi connectivity index (χ4v) is 3.30. The molecule has 1 amide bonds. The minimum Gasteiger partial charge on any atom is -0.483 e. The van der Waals surface area contributed by atoms with Gasteiger partial charge in [0.25, 0.3) is 5.91 Å². The van der Waals surface area contributed by atoms with Crippen LogP contribution >= 0.6 is 15.9 Å². The van der Waals surface area contributed by atoms with Crippen LogP contribution in [-0.2, 0) is 4.79 Å². The molecule has 4 heteroatoms. The number of aryl methyl sites for hydroxylation is 1. The number of carbonyl (C=O) groups excluding carboxylic acids is 1. The fraction of sp³-hybridized carbons (Fsp3) is 0.190. The number of ether oxygens (including phenoxy) is 1. The summed E-state index contributed by atoms with van der Waals surface area (Å²) in [7, 11) is 0. The number of halogens is 1. The van der Waals surface area contributed by atoms with Gasteiger partial charge in [-0.2, -0.15) is 0 Å². The highest BCUT2D eigenvalue weighted by molar-refractivity contribution is 9.10. The first kappa shape index (κ1) is 17.5. The Balaban J connectivity index is 1.62. The van der Waals surface area contributed by atoms with E-state index in [0.717, 1.165) is 20.8 Å². The Morgan fingerprint density at radius 3 is 2.56 bits per heavy atom. The molecular formula is C21H20BrNO2. The second kappa shape index (κ2) is 7.70. The van der Waals surface area contributed by atoms with E-state index in [-0.39, 0.29) is 18.6 Å². The van der Waals surface area contributed by atoms with E-state index in [1.165, 1.54) is 5.56 Å². The third-order valence-electron chi connectivity index (χ3n) is 4.14. The lowest BCUT2D eigenvalue weighted by molar-refractivity contribution is -0.123. The Morgan fingerprint density at radius 2 is 1.80 bits per heavy atom. The SMILES string of the molecule is Cc1ccc([C@@H](C)NC(=O)COc2ccc3ccccc3c2Br)cc1. The van der Waals surface area contributed by atoms with Gasteiger partial charge in [-0.05, 0) is 52.2 Å². The van der Waals surface area contributed by atoms with Crippen LogP contribution in [0.15, 0.2) is 65.1 Å². The summed E-state index contributed by atoms with van der Waals surface area (Å²) in [5.74, 6) is 0.518. The van der Waals surface area contributed by atoms with E-state index in [9.17, 15) is 4.79 Å². The summed E-state index contributed by atoms with van der Waals surface area (Å²) in [6.07, 6.45) is 0. The van der Waals surface area contributed by atoms with Crippen LogP contribution in [0.3, 0.4) is 0 Å². The first-order chi connectivity index (χ1) is 12.0. The van der Waals surface area contributed by atoms with Gasteiger partial charge < -0.3 is 10.1 Å². The molecule has 0 spiro atoms. The van der Waals surface area contributed by atoms with Gasteiger partial charge in [-0.1, -0.05) is 60.2 Å². The van der Waals surface area contributed by atoms with E-state index >= 15 is 0 Å². The number of benzene rings is 3. The highest BCUT2D eigenvalue weighted by Crippen LogP contribution is 2.32. The predicted molar refractivity (Wildman–Crippen MR) is 105 cm³/mol. The average Bonchev–Trinajstić information content (AvgIpc) is 2.62. The van der Waals surface area contributed by atoms with Crippen LogP contribution in [0.1, 0.15) is 24.1 Å². The molecule has 1 atom stereocenters. The molecule has 128 valence electrons. The van der Waals surface area contributed by atoms with Gasteiger partial charge in [-0.15, -0.1) is 0 Å². The van der Waals surface area contributed by atoms with E-state index in [1.807, 2.05) is 74.5 Å². The minimum atomic E-state index is -0.145. The normalized spacial score (nSPS) is 12.0. The average molecular weight is 398 g/mol. The number of nitrogens with one attached hydrogen (secondary N) is 1. The van der Waals surface area contributed by atoms with E-state index < -0.39 is 0 Å². The van der Waals surface area contributed by atoms with Gasteiger partial charge >= 0.3 is 0 Å². The molecule has 3 aromatic rings. The van der Waals surface area contributed by atoms with E-state index in [1.54, 1.807) is 0 Å². The summed E-state index contributed by atoms with van der Waals surface area (Å²) in [4.78, 5) is 12.2. The van der Waals surface area contributed by atoms with Crippen molar-refractivity contribution in [1.29, 1.82) is 0 Å². The Kier molecular flexibility index (Phi) is 5.39. The topological polar surface area (TPSA) is 38.3 Å². The molecule has 1 N–H and O–H groups in total. The molecule has 0 aliphatic heterocycles.